The summed E-state index contributed by atoms with van der Waals surface area (Å²) in [5.74, 6) is -0.229. The summed E-state index contributed by atoms with van der Waals surface area (Å²) < 4.78 is 15.5. The summed E-state index contributed by atoms with van der Waals surface area (Å²) in [6.45, 7) is 0.711. The third-order valence-electron chi connectivity index (χ3n) is 4.10. The molecule has 0 fully saturated rings. The molecule has 1 aromatic heterocycles. The fraction of sp³-hybridized carbons (Fsp3) is 0.0455. The lowest BCUT2D eigenvalue weighted by Gasteiger charge is -2.09. The molecule has 4 rings (SSSR count). The van der Waals surface area contributed by atoms with Crippen molar-refractivity contribution in [1.29, 1.82) is 0 Å². The Bertz CT molecular complexity index is 1050. The van der Waals surface area contributed by atoms with Crippen LogP contribution >= 0.6 is 28.3 Å². The molecule has 0 bridgehead atoms. The average Bonchev–Trinajstić information content (AvgIpc) is 3.06. The molecule has 0 saturated heterocycles. The number of nitrogens with zero attached hydrogens (tertiary/aromatic N) is 2. The summed E-state index contributed by atoms with van der Waals surface area (Å²) >= 11 is 1.59. The van der Waals surface area contributed by atoms with E-state index < -0.39 is 0 Å². The first-order valence-electron chi connectivity index (χ1n) is 8.37. The monoisotopic (exact) mass is 440 g/mol. The van der Waals surface area contributed by atoms with Crippen molar-refractivity contribution in [2.45, 2.75) is 6.54 Å². The SMILES string of the molecule is Br.Fc1ccc(-c2csc(=Nc3ccccc3)n2Cc2ccccc2)cc1. The van der Waals surface area contributed by atoms with Gasteiger partial charge in [-0.1, -0.05) is 48.5 Å². The number of rotatable bonds is 4. The van der Waals surface area contributed by atoms with E-state index in [0.29, 0.717) is 6.54 Å². The maximum Gasteiger partial charge on any atom is 0.190 e. The molecule has 0 N–H and O–H groups in total. The van der Waals surface area contributed by atoms with Gasteiger partial charge in [0.15, 0.2) is 4.80 Å². The molecule has 0 saturated carbocycles. The van der Waals surface area contributed by atoms with Gasteiger partial charge in [0.2, 0.25) is 0 Å². The highest BCUT2D eigenvalue weighted by molar-refractivity contribution is 8.93. The van der Waals surface area contributed by atoms with Crippen LogP contribution in [0.1, 0.15) is 5.56 Å². The summed E-state index contributed by atoms with van der Waals surface area (Å²) in [5, 5.41) is 2.08. The van der Waals surface area contributed by atoms with E-state index in [4.69, 9.17) is 4.99 Å². The van der Waals surface area contributed by atoms with Crippen molar-refractivity contribution in [3.63, 3.8) is 0 Å². The highest BCUT2D eigenvalue weighted by Crippen LogP contribution is 2.22. The van der Waals surface area contributed by atoms with Crippen molar-refractivity contribution in [3.05, 3.63) is 106 Å². The molecule has 1 heterocycles. The van der Waals surface area contributed by atoms with Crippen molar-refractivity contribution >= 4 is 34.0 Å². The topological polar surface area (TPSA) is 17.3 Å². The zero-order chi connectivity index (χ0) is 17.8. The lowest BCUT2D eigenvalue weighted by molar-refractivity contribution is 0.628. The Morgan fingerprint density at radius 1 is 0.815 bits per heavy atom. The summed E-state index contributed by atoms with van der Waals surface area (Å²) in [6.07, 6.45) is 0. The highest BCUT2D eigenvalue weighted by Gasteiger charge is 2.09. The van der Waals surface area contributed by atoms with E-state index in [9.17, 15) is 4.39 Å². The molecule has 0 aliphatic carbocycles. The first-order valence-corrected chi connectivity index (χ1v) is 9.25. The van der Waals surface area contributed by atoms with Crippen molar-refractivity contribution in [2.75, 3.05) is 0 Å². The van der Waals surface area contributed by atoms with E-state index in [2.05, 4.69) is 22.1 Å². The molecule has 27 heavy (non-hydrogen) atoms. The van der Waals surface area contributed by atoms with Crippen molar-refractivity contribution in [3.8, 4) is 11.3 Å². The number of benzene rings is 3. The smallest absolute Gasteiger partial charge is 0.190 e. The molecular weight excluding hydrogens is 423 g/mol. The maximum absolute atomic E-state index is 13.3. The molecule has 5 heteroatoms. The normalized spacial score (nSPS) is 11.2. The molecule has 0 aliphatic heterocycles. The molecule has 0 amide bonds. The van der Waals surface area contributed by atoms with E-state index in [1.165, 1.54) is 17.7 Å². The minimum Gasteiger partial charge on any atom is -0.312 e. The lowest BCUT2D eigenvalue weighted by Crippen LogP contribution is -2.16. The van der Waals surface area contributed by atoms with Crippen LogP contribution in [0, 0.1) is 5.82 Å². The number of para-hydroxylation sites is 1. The molecule has 2 nitrogen and oxygen atoms in total. The third kappa shape index (κ3) is 4.62. The van der Waals surface area contributed by atoms with Crippen molar-refractivity contribution in [1.82, 2.24) is 4.57 Å². The Hall–Kier alpha value is -2.50. The molecule has 0 atom stereocenters. The van der Waals surface area contributed by atoms with Crippen LogP contribution < -0.4 is 4.80 Å². The van der Waals surface area contributed by atoms with Crippen LogP contribution in [0.2, 0.25) is 0 Å². The summed E-state index contributed by atoms with van der Waals surface area (Å²) in [7, 11) is 0. The number of hydrogen-bond donors (Lipinski definition) is 0. The van der Waals surface area contributed by atoms with Crippen LogP contribution in [0.5, 0.6) is 0 Å². The van der Waals surface area contributed by atoms with E-state index in [0.717, 1.165) is 21.7 Å². The van der Waals surface area contributed by atoms with Crippen LogP contribution in [-0.4, -0.2) is 4.57 Å². The van der Waals surface area contributed by atoms with Crippen LogP contribution in [-0.2, 0) is 6.54 Å². The number of thiazole rings is 1. The van der Waals surface area contributed by atoms with Gasteiger partial charge in [-0.3, -0.25) is 0 Å². The maximum atomic E-state index is 13.3. The standard InChI is InChI=1S/C22H17FN2S.BrH/c23-19-13-11-18(12-14-19)21-16-26-22(24-20-9-5-2-6-10-20)25(21)15-17-7-3-1-4-8-17;/h1-14,16H,15H2;1H. The third-order valence-corrected chi connectivity index (χ3v) is 4.97. The van der Waals surface area contributed by atoms with Gasteiger partial charge in [-0.05, 0) is 47.5 Å². The Balaban J connectivity index is 0.00000210. The molecule has 3 aromatic carbocycles. The quantitative estimate of drug-likeness (QED) is 0.358. The first kappa shape index (κ1) is 19.3. The fourth-order valence-corrected chi connectivity index (χ4v) is 3.73. The van der Waals surface area contributed by atoms with E-state index in [1.807, 2.05) is 60.7 Å². The molecule has 0 unspecified atom stereocenters. The zero-order valence-corrected chi connectivity index (χ0v) is 17.0. The number of aromatic nitrogens is 1. The van der Waals surface area contributed by atoms with Crippen LogP contribution in [0.25, 0.3) is 11.3 Å². The van der Waals surface area contributed by atoms with Gasteiger partial charge >= 0.3 is 0 Å². The first-order chi connectivity index (χ1) is 12.8. The van der Waals surface area contributed by atoms with Gasteiger partial charge < -0.3 is 4.57 Å². The second-order valence-corrected chi connectivity index (χ2v) is 6.77. The largest absolute Gasteiger partial charge is 0.312 e. The van der Waals surface area contributed by atoms with Crippen molar-refractivity contribution < 1.29 is 4.39 Å². The summed E-state index contributed by atoms with van der Waals surface area (Å²) in [6, 6.07) is 26.8. The minimum atomic E-state index is -0.229. The number of hydrogen-bond acceptors (Lipinski definition) is 2. The van der Waals surface area contributed by atoms with Gasteiger partial charge in [-0.15, -0.1) is 28.3 Å². The van der Waals surface area contributed by atoms with E-state index in [-0.39, 0.29) is 22.8 Å². The van der Waals surface area contributed by atoms with E-state index in [1.54, 1.807) is 11.3 Å². The van der Waals surface area contributed by atoms with Gasteiger partial charge in [0.05, 0.1) is 17.9 Å². The predicted octanol–water partition coefficient (Wildman–Crippen LogP) is 6.21. The fourth-order valence-electron chi connectivity index (χ4n) is 2.80. The molecule has 136 valence electrons. The average molecular weight is 441 g/mol. The molecule has 0 radical (unpaired) electrons. The second kappa shape index (κ2) is 8.93. The zero-order valence-electron chi connectivity index (χ0n) is 14.5. The Labute approximate surface area is 172 Å². The van der Waals surface area contributed by atoms with Gasteiger partial charge in [0.25, 0.3) is 0 Å². The molecule has 0 spiro atoms. The number of halogens is 2. The van der Waals surface area contributed by atoms with Crippen LogP contribution in [0.3, 0.4) is 0 Å². The molecule has 0 aliphatic rings. The summed E-state index contributed by atoms with van der Waals surface area (Å²) in [4.78, 5) is 5.72. The van der Waals surface area contributed by atoms with Gasteiger partial charge in [-0.2, -0.15) is 0 Å². The van der Waals surface area contributed by atoms with Gasteiger partial charge in [0.1, 0.15) is 5.82 Å². The highest BCUT2D eigenvalue weighted by atomic mass is 79.9. The molecular formula is C22H18BrFN2S. The van der Waals surface area contributed by atoms with Crippen molar-refractivity contribution in [2.24, 2.45) is 4.99 Å². The molecule has 4 aromatic rings. The van der Waals surface area contributed by atoms with Crippen LogP contribution in [0.4, 0.5) is 10.1 Å². The van der Waals surface area contributed by atoms with Gasteiger partial charge in [0, 0.05) is 5.38 Å². The minimum absolute atomic E-state index is 0. The second-order valence-electron chi connectivity index (χ2n) is 5.93. The van der Waals surface area contributed by atoms with Gasteiger partial charge in [-0.25, -0.2) is 9.38 Å². The Morgan fingerprint density at radius 3 is 2.11 bits per heavy atom. The Kier molecular flexibility index (Phi) is 6.37. The predicted molar refractivity (Wildman–Crippen MR) is 115 cm³/mol. The lowest BCUT2D eigenvalue weighted by atomic mass is 10.1. The Morgan fingerprint density at radius 2 is 1.44 bits per heavy atom. The van der Waals surface area contributed by atoms with E-state index >= 15 is 0 Å². The van der Waals surface area contributed by atoms with Crippen LogP contribution in [0.15, 0.2) is 95.3 Å². The summed E-state index contributed by atoms with van der Waals surface area (Å²) in [5.41, 5.74) is 4.13.